The lowest BCUT2D eigenvalue weighted by molar-refractivity contribution is -0.136. The molecule has 2 N–H and O–H groups in total. The van der Waals surface area contributed by atoms with Crippen molar-refractivity contribution in [1.82, 2.24) is 0 Å². The van der Waals surface area contributed by atoms with Crippen molar-refractivity contribution in [3.8, 4) is 0 Å². The molecule has 14 heavy (non-hydrogen) atoms. The Morgan fingerprint density at radius 2 is 1.86 bits per heavy atom. The van der Waals surface area contributed by atoms with Crippen LogP contribution in [0.1, 0.15) is 51.9 Å². The van der Waals surface area contributed by atoms with Gasteiger partial charge in [0, 0.05) is 6.54 Å². The first-order valence-corrected chi connectivity index (χ1v) is 6.12. The van der Waals surface area contributed by atoms with Crippen molar-refractivity contribution in [3.05, 3.63) is 0 Å². The van der Waals surface area contributed by atoms with Crippen LogP contribution in [0.5, 0.6) is 0 Å². The normalized spacial score (nSPS) is 39.4. The van der Waals surface area contributed by atoms with Gasteiger partial charge >= 0.3 is 0 Å². The van der Waals surface area contributed by atoms with Crippen LogP contribution in [0.25, 0.3) is 0 Å². The number of hydrogen-bond acceptors (Lipinski definition) is 2. The fourth-order valence-electron chi connectivity index (χ4n) is 2.50. The summed E-state index contributed by atoms with van der Waals surface area (Å²) in [5, 5.41) is 0. The van der Waals surface area contributed by atoms with Gasteiger partial charge in [0.05, 0.1) is 11.7 Å². The Balaban J connectivity index is 1.88. The molecular weight excluding hydrogens is 174 g/mol. The van der Waals surface area contributed by atoms with Gasteiger partial charge < -0.3 is 10.5 Å². The predicted octanol–water partition coefficient (Wildman–Crippen LogP) is 2.46. The Labute approximate surface area is 87.2 Å². The van der Waals surface area contributed by atoms with Crippen LogP contribution >= 0.6 is 0 Å². The zero-order valence-electron chi connectivity index (χ0n) is 9.30. The van der Waals surface area contributed by atoms with Crippen LogP contribution in [0, 0.1) is 5.92 Å². The van der Waals surface area contributed by atoms with E-state index in [2.05, 4.69) is 6.92 Å². The van der Waals surface area contributed by atoms with Crippen molar-refractivity contribution >= 4 is 0 Å². The molecule has 0 amide bonds. The van der Waals surface area contributed by atoms with Crippen molar-refractivity contribution in [2.24, 2.45) is 11.7 Å². The summed E-state index contributed by atoms with van der Waals surface area (Å²) in [6, 6.07) is 0. The Hall–Kier alpha value is -0.0800. The minimum Gasteiger partial charge on any atom is -0.370 e. The third-order valence-corrected chi connectivity index (χ3v) is 4.03. The molecule has 2 rings (SSSR count). The standard InChI is InChI=1S/C12H23NO/c1-10-5-7-12(9-13,8-6-10)14-11-3-2-4-11/h10-11H,2-9,13H2,1H3. The molecule has 0 spiro atoms. The molecule has 0 unspecified atom stereocenters. The van der Waals surface area contributed by atoms with E-state index in [1.807, 2.05) is 0 Å². The van der Waals surface area contributed by atoms with Crippen molar-refractivity contribution in [3.63, 3.8) is 0 Å². The molecule has 2 heteroatoms. The summed E-state index contributed by atoms with van der Waals surface area (Å²) in [5.41, 5.74) is 5.94. The lowest BCUT2D eigenvalue weighted by Crippen LogP contribution is -2.47. The molecule has 0 aromatic rings. The summed E-state index contributed by atoms with van der Waals surface area (Å²) in [4.78, 5) is 0. The van der Waals surface area contributed by atoms with Gasteiger partial charge in [0.25, 0.3) is 0 Å². The van der Waals surface area contributed by atoms with Crippen molar-refractivity contribution in [2.75, 3.05) is 6.54 Å². The van der Waals surface area contributed by atoms with Crippen molar-refractivity contribution in [1.29, 1.82) is 0 Å². The highest BCUT2D eigenvalue weighted by molar-refractivity contribution is 4.89. The molecule has 2 fully saturated rings. The van der Waals surface area contributed by atoms with E-state index in [1.165, 1.54) is 44.9 Å². The SMILES string of the molecule is CC1CCC(CN)(OC2CCC2)CC1. The van der Waals surface area contributed by atoms with E-state index in [4.69, 9.17) is 10.5 Å². The van der Waals surface area contributed by atoms with Gasteiger partial charge in [-0.1, -0.05) is 6.92 Å². The molecule has 0 saturated heterocycles. The van der Waals surface area contributed by atoms with Crippen molar-refractivity contribution < 1.29 is 4.74 Å². The number of nitrogens with two attached hydrogens (primary N) is 1. The molecule has 2 aliphatic rings. The van der Waals surface area contributed by atoms with Crippen LogP contribution in [0.4, 0.5) is 0 Å². The van der Waals surface area contributed by atoms with E-state index >= 15 is 0 Å². The summed E-state index contributed by atoms with van der Waals surface area (Å²) in [5.74, 6) is 0.875. The number of rotatable bonds is 3. The minimum atomic E-state index is 0.0532. The molecule has 0 aromatic carbocycles. The summed E-state index contributed by atoms with van der Waals surface area (Å²) in [6.07, 6.45) is 9.36. The van der Waals surface area contributed by atoms with Gasteiger partial charge in [-0.2, -0.15) is 0 Å². The highest BCUT2D eigenvalue weighted by Crippen LogP contribution is 2.37. The molecular formula is C12H23NO. The second-order valence-electron chi connectivity index (χ2n) is 5.24. The smallest absolute Gasteiger partial charge is 0.0808 e. The summed E-state index contributed by atoms with van der Waals surface area (Å²) >= 11 is 0. The molecule has 2 aliphatic carbocycles. The third-order valence-electron chi connectivity index (χ3n) is 4.03. The van der Waals surface area contributed by atoms with Gasteiger partial charge in [-0.05, 0) is 50.9 Å². The first-order chi connectivity index (χ1) is 6.74. The van der Waals surface area contributed by atoms with Crippen molar-refractivity contribution in [2.45, 2.75) is 63.6 Å². The summed E-state index contributed by atoms with van der Waals surface area (Å²) in [7, 11) is 0. The highest BCUT2D eigenvalue weighted by atomic mass is 16.5. The van der Waals surface area contributed by atoms with Crippen LogP contribution in [-0.2, 0) is 4.74 Å². The van der Waals surface area contributed by atoms with Gasteiger partial charge in [-0.3, -0.25) is 0 Å². The van der Waals surface area contributed by atoms with E-state index in [-0.39, 0.29) is 5.60 Å². The van der Waals surface area contributed by atoms with Crippen LogP contribution < -0.4 is 5.73 Å². The Morgan fingerprint density at radius 1 is 1.21 bits per heavy atom. The van der Waals surface area contributed by atoms with Gasteiger partial charge in [0.2, 0.25) is 0 Å². The molecule has 2 saturated carbocycles. The van der Waals surface area contributed by atoms with Gasteiger partial charge in [-0.15, -0.1) is 0 Å². The number of ether oxygens (including phenoxy) is 1. The van der Waals surface area contributed by atoms with Crippen LogP contribution in [0.2, 0.25) is 0 Å². The Bertz CT molecular complexity index is 181. The monoisotopic (exact) mass is 197 g/mol. The first-order valence-electron chi connectivity index (χ1n) is 6.12. The molecule has 0 aliphatic heterocycles. The Kier molecular flexibility index (Phi) is 3.13. The predicted molar refractivity (Wildman–Crippen MR) is 58.1 cm³/mol. The van der Waals surface area contributed by atoms with E-state index in [9.17, 15) is 0 Å². The van der Waals surface area contributed by atoms with E-state index < -0.39 is 0 Å². The molecule has 0 aromatic heterocycles. The zero-order valence-corrected chi connectivity index (χ0v) is 9.30. The Morgan fingerprint density at radius 3 is 2.29 bits per heavy atom. The molecule has 0 heterocycles. The number of hydrogen-bond donors (Lipinski definition) is 1. The zero-order chi connectivity index (χ0) is 10.0. The van der Waals surface area contributed by atoms with Gasteiger partial charge in [0.15, 0.2) is 0 Å². The second kappa shape index (κ2) is 4.19. The molecule has 0 bridgehead atoms. The lowest BCUT2D eigenvalue weighted by atomic mass is 9.79. The maximum atomic E-state index is 6.19. The fraction of sp³-hybridized carbons (Fsp3) is 1.00. The first kappa shape index (κ1) is 10.4. The summed E-state index contributed by atoms with van der Waals surface area (Å²) in [6.45, 7) is 3.06. The second-order valence-corrected chi connectivity index (χ2v) is 5.24. The third kappa shape index (κ3) is 2.12. The van der Waals surface area contributed by atoms with Crippen LogP contribution in [0.15, 0.2) is 0 Å². The lowest BCUT2D eigenvalue weighted by Gasteiger charge is -2.43. The molecule has 82 valence electrons. The maximum absolute atomic E-state index is 6.19. The average molecular weight is 197 g/mol. The molecule has 0 radical (unpaired) electrons. The van der Waals surface area contributed by atoms with Gasteiger partial charge in [0.1, 0.15) is 0 Å². The van der Waals surface area contributed by atoms with Gasteiger partial charge in [-0.25, -0.2) is 0 Å². The topological polar surface area (TPSA) is 35.2 Å². The van der Waals surface area contributed by atoms with E-state index in [0.717, 1.165) is 12.5 Å². The van der Waals surface area contributed by atoms with Crippen LogP contribution in [0.3, 0.4) is 0 Å². The summed E-state index contributed by atoms with van der Waals surface area (Å²) < 4.78 is 6.19. The maximum Gasteiger partial charge on any atom is 0.0808 e. The molecule has 0 atom stereocenters. The fourth-order valence-corrected chi connectivity index (χ4v) is 2.50. The largest absolute Gasteiger partial charge is 0.370 e. The minimum absolute atomic E-state index is 0.0532. The average Bonchev–Trinajstić information content (AvgIpc) is 2.15. The van der Waals surface area contributed by atoms with E-state index in [0.29, 0.717) is 6.10 Å². The quantitative estimate of drug-likeness (QED) is 0.754. The highest BCUT2D eigenvalue weighted by Gasteiger charge is 2.37. The molecule has 2 nitrogen and oxygen atoms in total. The van der Waals surface area contributed by atoms with Crippen LogP contribution in [-0.4, -0.2) is 18.2 Å². The van der Waals surface area contributed by atoms with E-state index in [1.54, 1.807) is 0 Å².